The Morgan fingerprint density at radius 1 is 1.08 bits per heavy atom. The summed E-state index contributed by atoms with van der Waals surface area (Å²) in [5, 5.41) is 11.4. The van der Waals surface area contributed by atoms with Crippen LogP contribution in [0.4, 0.5) is 0 Å². The Bertz CT molecular complexity index is 465. The second kappa shape index (κ2) is 8.02. The van der Waals surface area contributed by atoms with Crippen molar-refractivity contribution >= 4 is 8.32 Å². The molecular formula is C18H35NO5Si. The smallest absolute Gasteiger partial charge is 0.238 e. The van der Waals surface area contributed by atoms with Gasteiger partial charge >= 0.3 is 0 Å². The summed E-state index contributed by atoms with van der Waals surface area (Å²) in [7, 11) is -1.83. The van der Waals surface area contributed by atoms with E-state index in [4.69, 9.17) is 13.9 Å². The van der Waals surface area contributed by atoms with Crippen LogP contribution in [0.15, 0.2) is 0 Å². The lowest BCUT2D eigenvalue weighted by Crippen LogP contribution is -2.50. The second-order valence-corrected chi connectivity index (χ2v) is 13.8. The number of nitrogens with zero attached hydrogens (tertiary/aromatic N) is 1. The summed E-state index contributed by atoms with van der Waals surface area (Å²) in [5.74, 6) is 0. The lowest BCUT2D eigenvalue weighted by atomic mass is 9.93. The van der Waals surface area contributed by atoms with Gasteiger partial charge in [0.2, 0.25) is 6.04 Å². The molecule has 0 unspecified atom stereocenters. The number of hydrogen-bond acceptors (Lipinski definition) is 5. The molecule has 0 N–H and O–H groups in total. The summed E-state index contributed by atoms with van der Waals surface area (Å²) in [4.78, 5) is 11.1. The van der Waals surface area contributed by atoms with Crippen molar-refractivity contribution in [3.8, 4) is 0 Å². The average Bonchev–Trinajstić information content (AvgIpc) is 2.49. The first kappa shape index (κ1) is 20.8. The molecule has 6 nitrogen and oxygen atoms in total. The molecule has 0 spiro atoms. The third-order valence-corrected chi connectivity index (χ3v) is 10.6. The van der Waals surface area contributed by atoms with Gasteiger partial charge in [-0.05, 0) is 44.3 Å². The molecule has 1 saturated heterocycles. The van der Waals surface area contributed by atoms with Gasteiger partial charge in [-0.2, -0.15) is 0 Å². The first-order valence-corrected chi connectivity index (χ1v) is 12.5. The zero-order valence-electron chi connectivity index (χ0n) is 16.6. The molecule has 1 heterocycles. The van der Waals surface area contributed by atoms with E-state index in [1.807, 2.05) is 6.92 Å². The van der Waals surface area contributed by atoms with Gasteiger partial charge in [0.15, 0.2) is 14.6 Å². The van der Waals surface area contributed by atoms with Crippen LogP contribution in [0.5, 0.6) is 0 Å². The molecular weight excluding hydrogens is 338 g/mol. The number of nitro groups is 1. The van der Waals surface area contributed by atoms with Gasteiger partial charge in [-0.25, -0.2) is 0 Å². The van der Waals surface area contributed by atoms with E-state index in [0.29, 0.717) is 6.42 Å². The summed E-state index contributed by atoms with van der Waals surface area (Å²) < 4.78 is 18.6. The third kappa shape index (κ3) is 5.25. The zero-order valence-corrected chi connectivity index (χ0v) is 17.6. The van der Waals surface area contributed by atoms with Crippen LogP contribution >= 0.6 is 0 Å². The number of ether oxygens (including phenoxy) is 2. The Morgan fingerprint density at radius 2 is 1.72 bits per heavy atom. The average molecular weight is 374 g/mol. The highest BCUT2D eigenvalue weighted by molar-refractivity contribution is 6.74. The van der Waals surface area contributed by atoms with Crippen LogP contribution < -0.4 is 0 Å². The number of hydrogen-bond donors (Lipinski definition) is 0. The van der Waals surface area contributed by atoms with E-state index in [9.17, 15) is 10.1 Å². The van der Waals surface area contributed by atoms with Crippen molar-refractivity contribution in [3.05, 3.63) is 10.1 Å². The Balaban J connectivity index is 1.90. The fourth-order valence-corrected chi connectivity index (χ4v) is 4.83. The van der Waals surface area contributed by atoms with Crippen molar-refractivity contribution in [1.82, 2.24) is 0 Å². The van der Waals surface area contributed by atoms with Gasteiger partial charge in [0.05, 0.1) is 12.2 Å². The first-order valence-electron chi connectivity index (χ1n) is 9.63. The molecule has 0 aromatic rings. The van der Waals surface area contributed by atoms with Gasteiger partial charge in [-0.15, -0.1) is 0 Å². The molecule has 2 rings (SSSR count). The minimum Gasteiger partial charge on any atom is -0.411 e. The summed E-state index contributed by atoms with van der Waals surface area (Å²) in [6.07, 6.45) is 4.26. The lowest BCUT2D eigenvalue weighted by Gasteiger charge is -2.44. The topological polar surface area (TPSA) is 70.8 Å². The highest BCUT2D eigenvalue weighted by atomic mass is 28.4. The van der Waals surface area contributed by atoms with Crippen LogP contribution in [0.1, 0.15) is 66.2 Å². The third-order valence-electron chi connectivity index (χ3n) is 6.09. The minimum atomic E-state index is -1.83. The fraction of sp³-hybridized carbons (Fsp3) is 1.00. The minimum absolute atomic E-state index is 0.0504. The highest BCUT2D eigenvalue weighted by Gasteiger charge is 2.43. The first-order chi connectivity index (χ1) is 11.5. The van der Waals surface area contributed by atoms with Crippen LogP contribution in [-0.2, 0) is 13.9 Å². The van der Waals surface area contributed by atoms with Gasteiger partial charge in [-0.1, -0.05) is 27.2 Å². The maximum absolute atomic E-state index is 11.2. The lowest BCUT2D eigenvalue weighted by molar-refractivity contribution is -0.542. The molecule has 2 aliphatic rings. The summed E-state index contributed by atoms with van der Waals surface area (Å²) in [6.45, 7) is 13.2. The van der Waals surface area contributed by atoms with Gasteiger partial charge in [0.25, 0.3) is 0 Å². The van der Waals surface area contributed by atoms with Crippen molar-refractivity contribution in [2.24, 2.45) is 0 Å². The van der Waals surface area contributed by atoms with Gasteiger partial charge in [-0.3, -0.25) is 10.1 Å². The van der Waals surface area contributed by atoms with E-state index in [1.54, 1.807) is 0 Å². The van der Waals surface area contributed by atoms with Crippen molar-refractivity contribution in [3.63, 3.8) is 0 Å². The van der Waals surface area contributed by atoms with Crippen molar-refractivity contribution in [2.75, 3.05) is 0 Å². The highest BCUT2D eigenvalue weighted by Crippen LogP contribution is 2.39. The molecule has 0 amide bonds. The van der Waals surface area contributed by atoms with Crippen LogP contribution in [0.25, 0.3) is 0 Å². The van der Waals surface area contributed by atoms with E-state index in [2.05, 4.69) is 33.9 Å². The van der Waals surface area contributed by atoms with Crippen LogP contribution in [0, 0.1) is 10.1 Å². The van der Waals surface area contributed by atoms with Gasteiger partial charge in [0.1, 0.15) is 6.10 Å². The molecule has 7 heteroatoms. The normalized spacial score (nSPS) is 34.7. The van der Waals surface area contributed by atoms with Gasteiger partial charge in [0, 0.05) is 17.8 Å². The predicted octanol–water partition coefficient (Wildman–Crippen LogP) is 4.51. The quantitative estimate of drug-likeness (QED) is 0.403. The molecule has 146 valence electrons. The molecule has 0 aromatic heterocycles. The standard InChI is InChI=1S/C18H35NO5Si/c1-13-15(24-25(5,6)18(2,3)4)11-12-17(22-13)23-16-10-8-7-9-14(16)19(20)21/h13-17H,7-12H2,1-6H3/t13-,14-,15-,16+,17+/m0/s1. The van der Waals surface area contributed by atoms with Crippen LogP contribution in [0.2, 0.25) is 18.1 Å². The van der Waals surface area contributed by atoms with Crippen molar-refractivity contribution in [1.29, 1.82) is 0 Å². The molecule has 25 heavy (non-hydrogen) atoms. The molecule has 1 aliphatic carbocycles. The molecule has 1 saturated carbocycles. The molecule has 5 atom stereocenters. The van der Waals surface area contributed by atoms with E-state index in [1.165, 1.54) is 0 Å². The molecule has 0 bridgehead atoms. The Hall–Kier alpha value is -0.503. The predicted molar refractivity (Wildman–Crippen MR) is 99.8 cm³/mol. The summed E-state index contributed by atoms with van der Waals surface area (Å²) in [5.41, 5.74) is 0. The van der Waals surface area contributed by atoms with E-state index < -0.39 is 14.4 Å². The van der Waals surface area contributed by atoms with Crippen LogP contribution in [0.3, 0.4) is 0 Å². The maximum Gasteiger partial charge on any atom is 0.238 e. The monoisotopic (exact) mass is 373 g/mol. The van der Waals surface area contributed by atoms with E-state index >= 15 is 0 Å². The summed E-state index contributed by atoms with van der Waals surface area (Å²) >= 11 is 0. The maximum atomic E-state index is 11.2. The van der Waals surface area contributed by atoms with Crippen molar-refractivity contribution < 1.29 is 18.8 Å². The van der Waals surface area contributed by atoms with Crippen LogP contribution in [-0.4, -0.2) is 43.9 Å². The van der Waals surface area contributed by atoms with E-state index in [-0.39, 0.29) is 34.6 Å². The largest absolute Gasteiger partial charge is 0.411 e. The van der Waals surface area contributed by atoms with Crippen molar-refractivity contribution in [2.45, 2.75) is 115 Å². The Labute approximate surface area is 152 Å². The summed E-state index contributed by atoms with van der Waals surface area (Å²) in [6, 6.07) is -0.589. The molecule has 0 aromatic carbocycles. The molecule has 2 fully saturated rings. The number of rotatable bonds is 5. The Kier molecular flexibility index (Phi) is 6.68. The van der Waals surface area contributed by atoms with Gasteiger partial charge < -0.3 is 13.9 Å². The Morgan fingerprint density at radius 3 is 2.28 bits per heavy atom. The fourth-order valence-electron chi connectivity index (χ4n) is 3.41. The molecule has 1 aliphatic heterocycles. The second-order valence-electron chi connectivity index (χ2n) is 9.08. The zero-order chi connectivity index (χ0) is 18.8. The molecule has 0 radical (unpaired) electrons. The SMILES string of the molecule is C[C@@H]1O[C@H](O[C@@H]2CCCC[C@@H]2[N+](=O)[O-])CC[C@@H]1O[Si](C)(C)C(C)(C)C. The van der Waals surface area contributed by atoms with E-state index in [0.717, 1.165) is 32.1 Å².